The van der Waals surface area contributed by atoms with Crippen molar-refractivity contribution in [3.63, 3.8) is 0 Å². The predicted octanol–water partition coefficient (Wildman–Crippen LogP) is 6.59. The van der Waals surface area contributed by atoms with Crippen LogP contribution in [-0.2, 0) is 0 Å². The zero-order valence-corrected chi connectivity index (χ0v) is 22.1. The zero-order chi connectivity index (χ0) is 28.2. The minimum Gasteiger partial charge on any atom is -0.378 e. The molecule has 188 valence electrons. The summed E-state index contributed by atoms with van der Waals surface area (Å²) in [4.78, 5) is 4.09. The molecule has 0 fully saturated rings. The van der Waals surface area contributed by atoms with E-state index < -0.39 is 0 Å². The minimum atomic E-state index is 0.0972. The molecule has 2 aromatic carbocycles. The monoisotopic (exact) mass is 498 g/mol. The molecule has 0 saturated carbocycles. The first-order chi connectivity index (χ1) is 18.3. The third-order valence-electron chi connectivity index (χ3n) is 4.85. The van der Waals surface area contributed by atoms with Gasteiger partial charge < -0.3 is 9.80 Å². The third kappa shape index (κ3) is 12.2. The quantitative estimate of drug-likeness (QED) is 0.300. The standard InChI is InChI=1S/2C16H15N3/c2*1-19(2)16-10-8-14(9-11-16)6-4-3-5-7-15(12-17)13-18/h2*3-11H,1-2H3/b2*5-3+,6-4+. The molecule has 0 N–H and O–H groups in total. The topological polar surface area (TPSA) is 102 Å². The van der Waals surface area contributed by atoms with Crippen molar-refractivity contribution in [1.82, 2.24) is 0 Å². The van der Waals surface area contributed by atoms with Crippen LogP contribution in [0.15, 0.2) is 108 Å². The van der Waals surface area contributed by atoms with Crippen molar-refractivity contribution in [1.29, 1.82) is 21.0 Å². The Balaban J connectivity index is 0.000000380. The van der Waals surface area contributed by atoms with Crippen LogP contribution in [0.1, 0.15) is 11.1 Å². The van der Waals surface area contributed by atoms with Gasteiger partial charge >= 0.3 is 0 Å². The molecule has 0 aliphatic rings. The average Bonchev–Trinajstić information content (AvgIpc) is 2.93. The largest absolute Gasteiger partial charge is 0.378 e. The summed E-state index contributed by atoms with van der Waals surface area (Å²) >= 11 is 0. The van der Waals surface area contributed by atoms with Crippen molar-refractivity contribution in [2.24, 2.45) is 0 Å². The molecular weight excluding hydrogens is 468 g/mol. The number of nitrogens with zero attached hydrogens (tertiary/aromatic N) is 6. The van der Waals surface area contributed by atoms with Gasteiger partial charge in [-0.1, -0.05) is 72.9 Å². The Morgan fingerprint density at radius 3 is 1.08 bits per heavy atom. The van der Waals surface area contributed by atoms with E-state index >= 15 is 0 Å². The van der Waals surface area contributed by atoms with Crippen LogP contribution in [0.3, 0.4) is 0 Å². The molecule has 0 amide bonds. The minimum absolute atomic E-state index is 0.0972. The number of allylic oxidation sites excluding steroid dienone is 10. The highest BCUT2D eigenvalue weighted by molar-refractivity contribution is 5.57. The van der Waals surface area contributed by atoms with Gasteiger partial charge in [-0.2, -0.15) is 21.0 Å². The summed E-state index contributed by atoms with van der Waals surface area (Å²) in [5.41, 5.74) is 4.70. The fourth-order valence-electron chi connectivity index (χ4n) is 2.73. The van der Waals surface area contributed by atoms with E-state index in [1.165, 1.54) is 12.2 Å². The van der Waals surface area contributed by atoms with Crippen LogP contribution in [-0.4, -0.2) is 28.2 Å². The molecule has 6 nitrogen and oxygen atoms in total. The van der Waals surface area contributed by atoms with Crippen LogP contribution in [0.5, 0.6) is 0 Å². The van der Waals surface area contributed by atoms with Gasteiger partial charge in [-0.3, -0.25) is 0 Å². The summed E-state index contributed by atoms with van der Waals surface area (Å²) in [6.45, 7) is 0. The lowest BCUT2D eigenvalue weighted by molar-refractivity contribution is 1.13. The van der Waals surface area contributed by atoms with E-state index in [4.69, 9.17) is 21.0 Å². The van der Waals surface area contributed by atoms with E-state index in [2.05, 4.69) is 0 Å². The molecule has 0 saturated heterocycles. The van der Waals surface area contributed by atoms with Crippen molar-refractivity contribution >= 4 is 23.5 Å². The fourth-order valence-corrected chi connectivity index (χ4v) is 2.73. The predicted molar refractivity (Wildman–Crippen MR) is 157 cm³/mol. The molecule has 0 spiro atoms. The second kappa shape index (κ2) is 17.8. The number of hydrogen-bond acceptors (Lipinski definition) is 6. The van der Waals surface area contributed by atoms with Gasteiger partial charge in [0, 0.05) is 39.6 Å². The highest BCUT2D eigenvalue weighted by atomic mass is 15.1. The Kier molecular flexibility index (Phi) is 14.3. The van der Waals surface area contributed by atoms with Gasteiger partial charge in [0.05, 0.1) is 0 Å². The second-order valence-electron chi connectivity index (χ2n) is 8.07. The average molecular weight is 499 g/mol. The van der Waals surface area contributed by atoms with Gasteiger partial charge in [0.2, 0.25) is 0 Å². The molecule has 0 bridgehead atoms. The van der Waals surface area contributed by atoms with E-state index in [1.807, 2.05) is 111 Å². The van der Waals surface area contributed by atoms with E-state index in [-0.39, 0.29) is 11.1 Å². The van der Waals surface area contributed by atoms with Gasteiger partial charge in [0.1, 0.15) is 35.4 Å². The first kappa shape index (κ1) is 30.5. The highest BCUT2D eigenvalue weighted by Crippen LogP contribution is 2.14. The molecule has 0 unspecified atom stereocenters. The van der Waals surface area contributed by atoms with Crippen LogP contribution >= 0.6 is 0 Å². The lowest BCUT2D eigenvalue weighted by atomic mass is 10.2. The van der Waals surface area contributed by atoms with Crippen LogP contribution in [0, 0.1) is 45.3 Å². The van der Waals surface area contributed by atoms with Crippen LogP contribution < -0.4 is 9.80 Å². The van der Waals surface area contributed by atoms with Crippen molar-refractivity contribution in [3.05, 3.63) is 119 Å². The summed E-state index contributed by atoms with van der Waals surface area (Å²) in [6, 6.07) is 23.5. The van der Waals surface area contributed by atoms with Crippen LogP contribution in [0.25, 0.3) is 12.2 Å². The summed E-state index contributed by atoms with van der Waals surface area (Å²) in [5, 5.41) is 34.1. The Bertz CT molecular complexity index is 1230. The van der Waals surface area contributed by atoms with Crippen LogP contribution in [0.4, 0.5) is 11.4 Å². The summed E-state index contributed by atoms with van der Waals surface area (Å²) in [7, 11) is 8.01. The van der Waals surface area contributed by atoms with Gasteiger partial charge in [-0.05, 0) is 47.5 Å². The molecule has 0 aromatic heterocycles. The van der Waals surface area contributed by atoms with Gasteiger partial charge in [-0.25, -0.2) is 0 Å². The number of anilines is 2. The third-order valence-corrected chi connectivity index (χ3v) is 4.85. The molecule has 0 atom stereocenters. The van der Waals surface area contributed by atoms with Gasteiger partial charge in [0.15, 0.2) is 0 Å². The SMILES string of the molecule is CN(C)c1ccc(/C=C/C=C/C=C(C#N)C#N)cc1.CN(C)c1ccc(/C=C/C=C/C=C(C#N)C#N)cc1. The molecular formula is C32H30N6. The lowest BCUT2D eigenvalue weighted by Gasteiger charge is -2.11. The van der Waals surface area contributed by atoms with Crippen molar-refractivity contribution in [2.45, 2.75) is 0 Å². The van der Waals surface area contributed by atoms with Gasteiger partial charge in [0.25, 0.3) is 0 Å². The Labute approximate surface area is 226 Å². The highest BCUT2D eigenvalue weighted by Gasteiger charge is 1.94. The molecule has 0 heterocycles. The Morgan fingerprint density at radius 1 is 0.500 bits per heavy atom. The maximum atomic E-state index is 8.53. The van der Waals surface area contributed by atoms with E-state index in [1.54, 1.807) is 48.6 Å². The van der Waals surface area contributed by atoms with E-state index in [0.717, 1.165) is 22.5 Å². The molecule has 0 radical (unpaired) electrons. The number of benzene rings is 2. The molecule has 6 heteroatoms. The Morgan fingerprint density at radius 2 is 0.816 bits per heavy atom. The van der Waals surface area contributed by atoms with E-state index in [0.29, 0.717) is 0 Å². The summed E-state index contributed by atoms with van der Waals surface area (Å²) < 4.78 is 0. The first-order valence-corrected chi connectivity index (χ1v) is 11.6. The molecule has 2 aromatic rings. The molecule has 0 aliphatic heterocycles. The maximum absolute atomic E-state index is 8.53. The van der Waals surface area contributed by atoms with Crippen LogP contribution in [0.2, 0.25) is 0 Å². The van der Waals surface area contributed by atoms with Crippen molar-refractivity contribution in [3.8, 4) is 24.3 Å². The van der Waals surface area contributed by atoms with Crippen molar-refractivity contribution < 1.29 is 0 Å². The van der Waals surface area contributed by atoms with Gasteiger partial charge in [-0.15, -0.1) is 0 Å². The summed E-state index contributed by atoms with van der Waals surface area (Å²) in [6.07, 6.45) is 17.5. The number of rotatable bonds is 8. The zero-order valence-electron chi connectivity index (χ0n) is 22.1. The molecule has 38 heavy (non-hydrogen) atoms. The normalized spacial score (nSPS) is 10.1. The van der Waals surface area contributed by atoms with E-state index in [9.17, 15) is 0 Å². The van der Waals surface area contributed by atoms with Crippen molar-refractivity contribution in [2.75, 3.05) is 38.0 Å². The smallest absolute Gasteiger partial charge is 0.129 e. The molecule has 0 aliphatic carbocycles. The lowest BCUT2D eigenvalue weighted by Crippen LogP contribution is -2.07. The summed E-state index contributed by atoms with van der Waals surface area (Å²) in [5.74, 6) is 0. The maximum Gasteiger partial charge on any atom is 0.129 e. The second-order valence-corrected chi connectivity index (χ2v) is 8.07. The Hall–Kier alpha value is -5.56. The molecule has 2 rings (SSSR count). The number of nitriles is 4. The first-order valence-electron chi connectivity index (χ1n) is 11.6. The number of hydrogen-bond donors (Lipinski definition) is 0. The fraction of sp³-hybridized carbons (Fsp3) is 0.125.